The molecule has 5 nitrogen and oxygen atoms in total. The normalized spacial score (nSPS) is 15.3. The lowest BCUT2D eigenvalue weighted by molar-refractivity contribution is 0.252. The number of nitrogens with one attached hydrogen (secondary N) is 1. The highest BCUT2D eigenvalue weighted by atomic mass is 16.5. The number of nitrogen functional groups attached to an aromatic ring is 1. The number of ether oxygens (including phenoxy) is 1. The Kier molecular flexibility index (Phi) is 2.37. The summed E-state index contributed by atoms with van der Waals surface area (Å²) in [5.41, 5.74) is 7.09. The van der Waals surface area contributed by atoms with Gasteiger partial charge in [-0.25, -0.2) is 4.79 Å². The molecule has 0 aromatic heterocycles. The van der Waals surface area contributed by atoms with Gasteiger partial charge in [-0.05, 0) is 18.2 Å². The Labute approximate surface area is 87.8 Å². The summed E-state index contributed by atoms with van der Waals surface area (Å²) >= 11 is 0. The van der Waals surface area contributed by atoms with Crippen LogP contribution in [0.25, 0.3) is 0 Å². The minimum Gasteiger partial charge on any atom is -0.495 e. The number of benzene rings is 1. The zero-order valence-electron chi connectivity index (χ0n) is 8.49. The number of amides is 2. The van der Waals surface area contributed by atoms with E-state index in [0.29, 0.717) is 24.5 Å². The quantitative estimate of drug-likeness (QED) is 0.705. The Morgan fingerprint density at radius 1 is 1.53 bits per heavy atom. The number of rotatable bonds is 2. The molecule has 1 aliphatic rings. The second-order valence-corrected chi connectivity index (χ2v) is 3.31. The first-order valence-electron chi connectivity index (χ1n) is 4.71. The largest absolute Gasteiger partial charge is 0.495 e. The molecule has 0 radical (unpaired) electrons. The molecular formula is C10H13N3O2. The molecule has 1 aromatic carbocycles. The van der Waals surface area contributed by atoms with Crippen molar-refractivity contribution in [1.82, 2.24) is 5.32 Å². The standard InChI is InChI=1S/C10H13N3O2/c1-15-9-3-2-7(6-8(9)11)13-5-4-12-10(13)14/h2-3,6H,4-5,11H2,1H3,(H,12,14). The highest BCUT2D eigenvalue weighted by molar-refractivity contribution is 5.94. The molecule has 0 spiro atoms. The van der Waals surface area contributed by atoms with Crippen LogP contribution in [-0.4, -0.2) is 26.2 Å². The van der Waals surface area contributed by atoms with Gasteiger partial charge in [0, 0.05) is 18.8 Å². The molecule has 0 bridgehead atoms. The van der Waals surface area contributed by atoms with Crippen molar-refractivity contribution in [2.24, 2.45) is 0 Å². The molecular weight excluding hydrogens is 194 g/mol. The van der Waals surface area contributed by atoms with Crippen LogP contribution in [0.5, 0.6) is 5.75 Å². The van der Waals surface area contributed by atoms with Gasteiger partial charge in [-0.3, -0.25) is 4.90 Å². The monoisotopic (exact) mass is 207 g/mol. The highest BCUT2D eigenvalue weighted by Crippen LogP contribution is 2.27. The third kappa shape index (κ3) is 1.68. The maximum atomic E-state index is 11.4. The number of nitrogens with two attached hydrogens (primary N) is 1. The molecule has 1 fully saturated rings. The number of nitrogens with zero attached hydrogens (tertiary/aromatic N) is 1. The van der Waals surface area contributed by atoms with Crippen LogP contribution < -0.4 is 20.7 Å². The van der Waals surface area contributed by atoms with Crippen molar-refractivity contribution in [3.63, 3.8) is 0 Å². The predicted octanol–water partition coefficient (Wildman–Crippen LogP) is 0.807. The minimum atomic E-state index is -0.0837. The summed E-state index contributed by atoms with van der Waals surface area (Å²) < 4.78 is 5.05. The van der Waals surface area contributed by atoms with Gasteiger partial charge < -0.3 is 15.8 Å². The van der Waals surface area contributed by atoms with Gasteiger partial charge in [-0.1, -0.05) is 0 Å². The fourth-order valence-corrected chi connectivity index (χ4v) is 1.61. The molecule has 1 heterocycles. The smallest absolute Gasteiger partial charge is 0.321 e. The van der Waals surface area contributed by atoms with E-state index in [2.05, 4.69) is 5.32 Å². The molecule has 1 saturated heterocycles. The summed E-state index contributed by atoms with van der Waals surface area (Å²) in [4.78, 5) is 13.0. The Bertz CT molecular complexity index is 392. The molecule has 0 saturated carbocycles. The van der Waals surface area contributed by atoms with Gasteiger partial charge in [0.15, 0.2) is 0 Å². The molecule has 0 aliphatic carbocycles. The van der Waals surface area contributed by atoms with Crippen molar-refractivity contribution < 1.29 is 9.53 Å². The van der Waals surface area contributed by atoms with Gasteiger partial charge in [-0.2, -0.15) is 0 Å². The highest BCUT2D eigenvalue weighted by Gasteiger charge is 2.21. The molecule has 5 heteroatoms. The number of hydrogen-bond donors (Lipinski definition) is 2. The Morgan fingerprint density at radius 2 is 2.33 bits per heavy atom. The van der Waals surface area contributed by atoms with Crippen LogP contribution in [0.2, 0.25) is 0 Å². The first kappa shape index (κ1) is 9.64. The van der Waals surface area contributed by atoms with E-state index in [4.69, 9.17) is 10.5 Å². The number of carbonyl (C=O) groups excluding carboxylic acids is 1. The van der Waals surface area contributed by atoms with E-state index in [-0.39, 0.29) is 6.03 Å². The first-order chi connectivity index (χ1) is 7.22. The van der Waals surface area contributed by atoms with Crippen molar-refractivity contribution >= 4 is 17.4 Å². The lowest BCUT2D eigenvalue weighted by atomic mass is 10.2. The molecule has 0 unspecified atom stereocenters. The van der Waals surface area contributed by atoms with Gasteiger partial charge in [0.1, 0.15) is 5.75 Å². The zero-order valence-corrected chi connectivity index (χ0v) is 8.49. The third-order valence-corrected chi connectivity index (χ3v) is 2.38. The molecule has 2 amide bonds. The molecule has 80 valence electrons. The summed E-state index contributed by atoms with van der Waals surface area (Å²) in [5.74, 6) is 0.623. The Hall–Kier alpha value is -1.91. The van der Waals surface area contributed by atoms with Crippen molar-refractivity contribution in [3.05, 3.63) is 18.2 Å². The van der Waals surface area contributed by atoms with Crippen LogP contribution in [0.1, 0.15) is 0 Å². The van der Waals surface area contributed by atoms with E-state index in [0.717, 1.165) is 5.69 Å². The predicted molar refractivity (Wildman–Crippen MR) is 58.2 cm³/mol. The SMILES string of the molecule is COc1ccc(N2CCNC2=O)cc1N. The third-order valence-electron chi connectivity index (χ3n) is 2.38. The molecule has 3 N–H and O–H groups in total. The van der Waals surface area contributed by atoms with E-state index >= 15 is 0 Å². The summed E-state index contributed by atoms with van der Waals surface area (Å²) in [6.07, 6.45) is 0. The van der Waals surface area contributed by atoms with Crippen LogP contribution in [0.15, 0.2) is 18.2 Å². The second-order valence-electron chi connectivity index (χ2n) is 3.31. The Balaban J connectivity index is 2.29. The number of hydrogen-bond acceptors (Lipinski definition) is 3. The first-order valence-corrected chi connectivity index (χ1v) is 4.71. The lowest BCUT2D eigenvalue weighted by Crippen LogP contribution is -2.27. The van der Waals surface area contributed by atoms with Crippen LogP contribution in [-0.2, 0) is 0 Å². The van der Waals surface area contributed by atoms with E-state index in [1.807, 2.05) is 6.07 Å². The lowest BCUT2D eigenvalue weighted by Gasteiger charge is -2.15. The fraction of sp³-hybridized carbons (Fsp3) is 0.300. The topological polar surface area (TPSA) is 67.6 Å². The van der Waals surface area contributed by atoms with Crippen molar-refractivity contribution in [3.8, 4) is 5.75 Å². The number of anilines is 2. The van der Waals surface area contributed by atoms with Gasteiger partial charge in [0.25, 0.3) is 0 Å². The average Bonchev–Trinajstić information content (AvgIpc) is 2.64. The average molecular weight is 207 g/mol. The van der Waals surface area contributed by atoms with E-state index < -0.39 is 0 Å². The second kappa shape index (κ2) is 3.68. The van der Waals surface area contributed by atoms with E-state index in [9.17, 15) is 4.79 Å². The van der Waals surface area contributed by atoms with Gasteiger partial charge in [-0.15, -0.1) is 0 Å². The minimum absolute atomic E-state index is 0.0837. The number of urea groups is 1. The van der Waals surface area contributed by atoms with Crippen LogP contribution in [0.4, 0.5) is 16.2 Å². The molecule has 15 heavy (non-hydrogen) atoms. The fourth-order valence-electron chi connectivity index (χ4n) is 1.61. The van der Waals surface area contributed by atoms with Crippen LogP contribution in [0, 0.1) is 0 Å². The molecule has 1 aliphatic heterocycles. The molecule has 0 atom stereocenters. The zero-order chi connectivity index (χ0) is 10.8. The van der Waals surface area contributed by atoms with Crippen molar-refractivity contribution in [2.75, 3.05) is 30.8 Å². The van der Waals surface area contributed by atoms with Gasteiger partial charge >= 0.3 is 6.03 Å². The number of carbonyl (C=O) groups is 1. The number of methoxy groups -OCH3 is 1. The summed E-state index contributed by atoms with van der Waals surface area (Å²) in [6.45, 7) is 1.34. The van der Waals surface area contributed by atoms with Gasteiger partial charge in [0.05, 0.1) is 12.8 Å². The van der Waals surface area contributed by atoms with Crippen LogP contribution >= 0.6 is 0 Å². The maximum Gasteiger partial charge on any atom is 0.321 e. The molecule has 2 rings (SSSR count). The van der Waals surface area contributed by atoms with Gasteiger partial charge in [0.2, 0.25) is 0 Å². The Morgan fingerprint density at radius 3 is 2.87 bits per heavy atom. The van der Waals surface area contributed by atoms with Crippen molar-refractivity contribution in [1.29, 1.82) is 0 Å². The van der Waals surface area contributed by atoms with E-state index in [1.165, 1.54) is 0 Å². The summed E-state index contributed by atoms with van der Waals surface area (Å²) in [5, 5.41) is 2.73. The molecule has 1 aromatic rings. The van der Waals surface area contributed by atoms with Crippen LogP contribution in [0.3, 0.4) is 0 Å². The maximum absolute atomic E-state index is 11.4. The van der Waals surface area contributed by atoms with E-state index in [1.54, 1.807) is 24.1 Å². The summed E-state index contributed by atoms with van der Waals surface area (Å²) in [7, 11) is 1.56. The van der Waals surface area contributed by atoms with Crippen molar-refractivity contribution in [2.45, 2.75) is 0 Å². The summed E-state index contributed by atoms with van der Waals surface area (Å²) in [6, 6.07) is 5.24.